The molecule has 0 saturated heterocycles. The second kappa shape index (κ2) is 9.49. The topological polar surface area (TPSA) is 84.0 Å². The predicted octanol–water partition coefficient (Wildman–Crippen LogP) is 2.43. The van der Waals surface area contributed by atoms with Gasteiger partial charge in [0.15, 0.2) is 0 Å². The van der Waals surface area contributed by atoms with E-state index in [0.717, 1.165) is 49.9 Å². The van der Waals surface area contributed by atoms with Crippen LogP contribution in [0.25, 0.3) is 0 Å². The van der Waals surface area contributed by atoms with Gasteiger partial charge in [0.2, 0.25) is 11.8 Å². The Morgan fingerprint density at radius 3 is 2.16 bits per heavy atom. The summed E-state index contributed by atoms with van der Waals surface area (Å²) in [6.07, 6.45) is 5.58. The average molecular weight is 346 g/mol. The summed E-state index contributed by atoms with van der Waals surface area (Å²) in [6.45, 7) is 6.92. The van der Waals surface area contributed by atoms with E-state index in [2.05, 4.69) is 27.5 Å². The molecule has 1 aromatic heterocycles. The summed E-state index contributed by atoms with van der Waals surface area (Å²) in [4.78, 5) is 33.8. The zero-order valence-corrected chi connectivity index (χ0v) is 15.6. The van der Waals surface area contributed by atoms with Crippen LogP contribution in [0.1, 0.15) is 62.7 Å². The van der Waals surface area contributed by atoms with Crippen molar-refractivity contribution in [2.24, 2.45) is 11.8 Å². The van der Waals surface area contributed by atoms with Crippen molar-refractivity contribution in [1.82, 2.24) is 20.6 Å². The van der Waals surface area contributed by atoms with E-state index in [4.69, 9.17) is 0 Å². The standard InChI is InChI=1S/C19H30N4O2/c1-4-5-10-20-18(24)15-8-6-7-9-16(15)19(25)21-12-17-22-13(2)11-14(3)23-17/h11,15-16H,4-10,12H2,1-3H3,(H,20,24)(H,21,25)/t15-,16+/m1/s1. The molecule has 0 bridgehead atoms. The van der Waals surface area contributed by atoms with Gasteiger partial charge in [-0.15, -0.1) is 0 Å². The van der Waals surface area contributed by atoms with E-state index in [1.807, 2.05) is 19.9 Å². The van der Waals surface area contributed by atoms with Crippen molar-refractivity contribution < 1.29 is 9.59 Å². The minimum absolute atomic E-state index is 0.0240. The van der Waals surface area contributed by atoms with Gasteiger partial charge in [0.05, 0.1) is 6.54 Å². The third kappa shape index (κ3) is 5.80. The molecule has 1 aliphatic rings. The summed E-state index contributed by atoms with van der Waals surface area (Å²) in [5, 5.41) is 5.91. The van der Waals surface area contributed by atoms with Crippen LogP contribution in [0.4, 0.5) is 0 Å². The van der Waals surface area contributed by atoms with Gasteiger partial charge in [0.25, 0.3) is 0 Å². The van der Waals surface area contributed by atoms with E-state index in [-0.39, 0.29) is 23.7 Å². The van der Waals surface area contributed by atoms with Gasteiger partial charge in [0, 0.05) is 29.8 Å². The molecule has 0 radical (unpaired) electrons. The van der Waals surface area contributed by atoms with Crippen LogP contribution in [0.5, 0.6) is 0 Å². The van der Waals surface area contributed by atoms with Crippen molar-refractivity contribution in [3.8, 4) is 0 Å². The van der Waals surface area contributed by atoms with Crippen LogP contribution in [0.15, 0.2) is 6.07 Å². The van der Waals surface area contributed by atoms with Crippen molar-refractivity contribution >= 4 is 11.8 Å². The number of unbranched alkanes of at least 4 members (excludes halogenated alkanes) is 1. The number of carbonyl (C=O) groups is 2. The maximum atomic E-state index is 12.6. The minimum Gasteiger partial charge on any atom is -0.356 e. The van der Waals surface area contributed by atoms with Crippen molar-refractivity contribution in [1.29, 1.82) is 0 Å². The third-order valence-corrected chi connectivity index (χ3v) is 4.72. The molecule has 0 aliphatic heterocycles. The van der Waals surface area contributed by atoms with E-state index in [1.54, 1.807) is 0 Å². The molecule has 0 unspecified atom stereocenters. The molecule has 2 N–H and O–H groups in total. The SMILES string of the molecule is CCCCNC(=O)[C@@H]1CCCC[C@@H]1C(=O)NCc1nc(C)cc(C)n1. The highest BCUT2D eigenvalue weighted by Crippen LogP contribution is 2.30. The molecule has 0 spiro atoms. The minimum atomic E-state index is -0.249. The molecule has 1 aromatic rings. The van der Waals surface area contributed by atoms with Gasteiger partial charge < -0.3 is 10.6 Å². The lowest BCUT2D eigenvalue weighted by atomic mass is 9.78. The number of aromatic nitrogens is 2. The molecular formula is C19H30N4O2. The van der Waals surface area contributed by atoms with E-state index in [9.17, 15) is 9.59 Å². The first-order chi connectivity index (χ1) is 12.0. The fourth-order valence-electron chi connectivity index (χ4n) is 3.45. The zero-order chi connectivity index (χ0) is 18.2. The molecular weight excluding hydrogens is 316 g/mol. The van der Waals surface area contributed by atoms with Gasteiger partial charge in [-0.1, -0.05) is 26.2 Å². The maximum absolute atomic E-state index is 12.6. The Bertz CT molecular complexity index is 583. The molecule has 138 valence electrons. The van der Waals surface area contributed by atoms with Crippen molar-refractivity contribution in [3.63, 3.8) is 0 Å². The number of hydrogen-bond donors (Lipinski definition) is 2. The molecule has 6 heteroatoms. The molecule has 6 nitrogen and oxygen atoms in total. The Balaban J connectivity index is 1.94. The number of rotatable bonds is 7. The number of aryl methyl sites for hydroxylation is 2. The summed E-state index contributed by atoms with van der Waals surface area (Å²) in [7, 11) is 0. The Kier molecular flexibility index (Phi) is 7.34. The summed E-state index contributed by atoms with van der Waals surface area (Å²) in [5.41, 5.74) is 1.78. The molecule has 0 aromatic carbocycles. The second-order valence-electron chi connectivity index (χ2n) is 6.93. The van der Waals surface area contributed by atoms with E-state index in [1.165, 1.54) is 0 Å². The van der Waals surface area contributed by atoms with Crippen molar-refractivity contribution in [2.45, 2.75) is 65.8 Å². The van der Waals surface area contributed by atoms with Crippen LogP contribution in [0.3, 0.4) is 0 Å². The number of nitrogens with zero attached hydrogens (tertiary/aromatic N) is 2. The molecule has 2 rings (SSSR count). The highest BCUT2D eigenvalue weighted by atomic mass is 16.2. The van der Waals surface area contributed by atoms with Crippen LogP contribution in [-0.2, 0) is 16.1 Å². The largest absolute Gasteiger partial charge is 0.356 e. The van der Waals surface area contributed by atoms with Gasteiger partial charge in [0.1, 0.15) is 5.82 Å². The molecule has 25 heavy (non-hydrogen) atoms. The van der Waals surface area contributed by atoms with Gasteiger partial charge in [-0.2, -0.15) is 0 Å². The summed E-state index contributed by atoms with van der Waals surface area (Å²) >= 11 is 0. The van der Waals surface area contributed by atoms with Crippen LogP contribution in [-0.4, -0.2) is 28.3 Å². The summed E-state index contributed by atoms with van der Waals surface area (Å²) in [5.74, 6) is 0.117. The van der Waals surface area contributed by atoms with Gasteiger partial charge in [-0.25, -0.2) is 9.97 Å². The van der Waals surface area contributed by atoms with E-state index in [0.29, 0.717) is 18.9 Å². The number of carbonyl (C=O) groups excluding carboxylic acids is 2. The highest BCUT2D eigenvalue weighted by Gasteiger charge is 2.35. The first-order valence-corrected chi connectivity index (χ1v) is 9.37. The third-order valence-electron chi connectivity index (χ3n) is 4.72. The first kappa shape index (κ1) is 19.3. The number of hydrogen-bond acceptors (Lipinski definition) is 4. The fourth-order valence-corrected chi connectivity index (χ4v) is 3.45. The normalized spacial score (nSPS) is 20.1. The Morgan fingerprint density at radius 1 is 1.04 bits per heavy atom. The number of amides is 2. The Labute approximate surface area is 150 Å². The first-order valence-electron chi connectivity index (χ1n) is 9.37. The maximum Gasteiger partial charge on any atom is 0.224 e. The summed E-state index contributed by atoms with van der Waals surface area (Å²) < 4.78 is 0. The van der Waals surface area contributed by atoms with Crippen LogP contribution >= 0.6 is 0 Å². The lowest BCUT2D eigenvalue weighted by Crippen LogP contribution is -2.43. The number of nitrogens with one attached hydrogen (secondary N) is 2. The van der Waals surface area contributed by atoms with Gasteiger partial charge in [-0.05, 0) is 39.2 Å². The van der Waals surface area contributed by atoms with E-state index < -0.39 is 0 Å². The van der Waals surface area contributed by atoms with Gasteiger partial charge >= 0.3 is 0 Å². The van der Waals surface area contributed by atoms with Crippen LogP contribution in [0.2, 0.25) is 0 Å². The van der Waals surface area contributed by atoms with Crippen molar-refractivity contribution in [3.05, 3.63) is 23.3 Å². The zero-order valence-electron chi connectivity index (χ0n) is 15.6. The molecule has 1 saturated carbocycles. The Morgan fingerprint density at radius 2 is 1.60 bits per heavy atom. The fraction of sp³-hybridized carbons (Fsp3) is 0.684. The van der Waals surface area contributed by atoms with Crippen LogP contribution in [0, 0.1) is 25.7 Å². The molecule has 1 fully saturated rings. The monoisotopic (exact) mass is 346 g/mol. The van der Waals surface area contributed by atoms with Gasteiger partial charge in [-0.3, -0.25) is 9.59 Å². The quantitative estimate of drug-likeness (QED) is 0.743. The van der Waals surface area contributed by atoms with E-state index >= 15 is 0 Å². The van der Waals surface area contributed by atoms with Crippen molar-refractivity contribution in [2.75, 3.05) is 6.54 Å². The molecule has 2 amide bonds. The smallest absolute Gasteiger partial charge is 0.224 e. The average Bonchev–Trinajstić information content (AvgIpc) is 2.59. The Hall–Kier alpha value is -1.98. The second-order valence-corrected chi connectivity index (χ2v) is 6.93. The lowest BCUT2D eigenvalue weighted by Gasteiger charge is -2.29. The molecule has 2 atom stereocenters. The molecule has 1 aliphatic carbocycles. The molecule has 1 heterocycles. The highest BCUT2D eigenvalue weighted by molar-refractivity contribution is 5.87. The summed E-state index contributed by atoms with van der Waals surface area (Å²) in [6, 6.07) is 1.91. The lowest BCUT2D eigenvalue weighted by molar-refractivity contribution is -0.136. The van der Waals surface area contributed by atoms with Crippen LogP contribution < -0.4 is 10.6 Å². The predicted molar refractivity (Wildman–Crippen MR) is 96.7 cm³/mol.